The molecule has 0 radical (unpaired) electrons. The summed E-state index contributed by atoms with van der Waals surface area (Å²) < 4.78 is 43.5. The molecule has 25 heavy (non-hydrogen) atoms. The Kier molecular flexibility index (Phi) is 4.70. The van der Waals surface area contributed by atoms with Crippen LogP contribution in [0.25, 0.3) is 0 Å². The van der Waals surface area contributed by atoms with Crippen LogP contribution in [0.2, 0.25) is 0 Å². The number of ether oxygens (including phenoxy) is 1. The molecule has 0 aliphatic carbocycles. The van der Waals surface area contributed by atoms with E-state index in [0.717, 1.165) is 12.3 Å². The van der Waals surface area contributed by atoms with Crippen LogP contribution in [0, 0.1) is 11.3 Å². The maximum Gasteiger partial charge on any atom is 0.433 e. The number of hydrogen-bond donors (Lipinski definition) is 0. The van der Waals surface area contributed by atoms with Crippen molar-refractivity contribution in [2.75, 3.05) is 18.0 Å². The second-order valence-electron chi connectivity index (χ2n) is 5.51. The van der Waals surface area contributed by atoms with E-state index in [-0.39, 0.29) is 12.1 Å². The fraction of sp³-hybridized carbons (Fsp3) is 0.375. The third-order valence-corrected chi connectivity index (χ3v) is 3.84. The van der Waals surface area contributed by atoms with Gasteiger partial charge in [-0.1, -0.05) is 0 Å². The number of pyridine rings is 1. The third-order valence-electron chi connectivity index (χ3n) is 3.84. The summed E-state index contributed by atoms with van der Waals surface area (Å²) in [6.07, 6.45) is -1.02. The maximum absolute atomic E-state index is 12.7. The van der Waals surface area contributed by atoms with Crippen LogP contribution < -0.4 is 9.64 Å². The molecule has 1 fully saturated rings. The van der Waals surface area contributed by atoms with Crippen LogP contribution in [0.4, 0.5) is 19.0 Å². The van der Waals surface area contributed by atoms with E-state index in [1.165, 1.54) is 0 Å². The molecule has 6 nitrogen and oxygen atoms in total. The Hall–Kier alpha value is -2.89. The van der Waals surface area contributed by atoms with E-state index in [1.807, 2.05) is 4.90 Å². The minimum Gasteiger partial charge on any atom is -0.460 e. The molecule has 1 saturated heterocycles. The molecular weight excluding hydrogens is 335 g/mol. The first-order valence-electron chi connectivity index (χ1n) is 7.64. The SMILES string of the molecule is N#Cc1cccnc1N1CCC(Oc2nccc(C(F)(F)F)n2)CC1. The normalized spacial score (nSPS) is 15.7. The van der Waals surface area contributed by atoms with E-state index in [2.05, 4.69) is 21.0 Å². The van der Waals surface area contributed by atoms with Gasteiger partial charge in [0, 0.05) is 38.3 Å². The number of piperidine rings is 1. The second kappa shape index (κ2) is 6.93. The van der Waals surface area contributed by atoms with Crippen molar-refractivity contribution < 1.29 is 17.9 Å². The first-order valence-corrected chi connectivity index (χ1v) is 7.64. The molecule has 2 aromatic heterocycles. The van der Waals surface area contributed by atoms with Crippen LogP contribution in [0.15, 0.2) is 30.6 Å². The molecule has 130 valence electrons. The molecule has 0 bridgehead atoms. The fourth-order valence-electron chi connectivity index (χ4n) is 2.63. The van der Waals surface area contributed by atoms with Gasteiger partial charge >= 0.3 is 12.2 Å². The Morgan fingerprint density at radius 2 is 1.92 bits per heavy atom. The molecule has 3 heterocycles. The summed E-state index contributed by atoms with van der Waals surface area (Å²) in [7, 11) is 0. The van der Waals surface area contributed by atoms with E-state index in [0.29, 0.717) is 37.3 Å². The maximum atomic E-state index is 12.7. The van der Waals surface area contributed by atoms with Crippen molar-refractivity contribution in [3.63, 3.8) is 0 Å². The first-order chi connectivity index (χ1) is 12.0. The Bertz CT molecular complexity index is 782. The molecule has 0 saturated carbocycles. The van der Waals surface area contributed by atoms with Gasteiger partial charge in [-0.3, -0.25) is 0 Å². The zero-order valence-corrected chi connectivity index (χ0v) is 13.1. The molecule has 1 aliphatic heterocycles. The predicted octanol–water partition coefficient (Wildman–Crippen LogP) is 2.81. The highest BCUT2D eigenvalue weighted by atomic mass is 19.4. The lowest BCUT2D eigenvalue weighted by molar-refractivity contribution is -0.141. The summed E-state index contributed by atoms with van der Waals surface area (Å²) in [5.41, 5.74) is -0.537. The fourth-order valence-corrected chi connectivity index (χ4v) is 2.63. The summed E-state index contributed by atoms with van der Waals surface area (Å²) in [6, 6.07) is 6.03. The molecule has 0 atom stereocenters. The van der Waals surface area contributed by atoms with Crippen LogP contribution in [0.5, 0.6) is 6.01 Å². The van der Waals surface area contributed by atoms with Crippen molar-refractivity contribution in [1.29, 1.82) is 5.26 Å². The molecule has 0 spiro atoms. The van der Waals surface area contributed by atoms with Crippen molar-refractivity contribution >= 4 is 5.82 Å². The van der Waals surface area contributed by atoms with Crippen LogP contribution >= 0.6 is 0 Å². The van der Waals surface area contributed by atoms with Crippen LogP contribution in [0.1, 0.15) is 24.1 Å². The number of alkyl halides is 3. The average Bonchev–Trinajstić information content (AvgIpc) is 2.62. The lowest BCUT2D eigenvalue weighted by Crippen LogP contribution is -2.39. The van der Waals surface area contributed by atoms with Crippen LogP contribution in [0.3, 0.4) is 0 Å². The highest BCUT2D eigenvalue weighted by Crippen LogP contribution is 2.28. The summed E-state index contributed by atoms with van der Waals surface area (Å²) in [6.45, 7) is 1.16. The van der Waals surface area contributed by atoms with Gasteiger partial charge in [0.25, 0.3) is 0 Å². The monoisotopic (exact) mass is 349 g/mol. The van der Waals surface area contributed by atoms with E-state index < -0.39 is 11.9 Å². The average molecular weight is 349 g/mol. The molecule has 0 unspecified atom stereocenters. The quantitative estimate of drug-likeness (QED) is 0.848. The van der Waals surface area contributed by atoms with Gasteiger partial charge in [0.2, 0.25) is 0 Å². The number of nitriles is 1. The third kappa shape index (κ3) is 3.96. The summed E-state index contributed by atoms with van der Waals surface area (Å²) in [4.78, 5) is 13.4. The van der Waals surface area contributed by atoms with Gasteiger partial charge in [-0.2, -0.15) is 23.4 Å². The minimum absolute atomic E-state index is 0.274. The lowest BCUT2D eigenvalue weighted by atomic mass is 10.1. The lowest BCUT2D eigenvalue weighted by Gasteiger charge is -2.32. The van der Waals surface area contributed by atoms with Gasteiger partial charge in [-0.25, -0.2) is 9.97 Å². The van der Waals surface area contributed by atoms with Crippen molar-refractivity contribution in [2.24, 2.45) is 0 Å². The zero-order chi connectivity index (χ0) is 17.9. The van der Waals surface area contributed by atoms with Crippen molar-refractivity contribution in [3.8, 4) is 12.1 Å². The Morgan fingerprint density at radius 3 is 2.60 bits per heavy atom. The van der Waals surface area contributed by atoms with E-state index >= 15 is 0 Å². The molecule has 1 aliphatic rings. The minimum atomic E-state index is -4.53. The molecule has 9 heteroatoms. The van der Waals surface area contributed by atoms with E-state index in [1.54, 1.807) is 18.3 Å². The van der Waals surface area contributed by atoms with Gasteiger partial charge in [-0.15, -0.1) is 0 Å². The number of aromatic nitrogens is 3. The van der Waals surface area contributed by atoms with Crippen molar-refractivity contribution in [1.82, 2.24) is 15.0 Å². The summed E-state index contributed by atoms with van der Waals surface area (Å²) in [5, 5.41) is 9.14. The van der Waals surface area contributed by atoms with Gasteiger partial charge in [0.15, 0.2) is 5.69 Å². The number of halogens is 3. The smallest absolute Gasteiger partial charge is 0.433 e. The van der Waals surface area contributed by atoms with Crippen molar-refractivity contribution in [3.05, 3.63) is 41.9 Å². The molecule has 2 aromatic rings. The molecule has 3 rings (SSSR count). The van der Waals surface area contributed by atoms with E-state index in [9.17, 15) is 13.2 Å². The molecule has 0 amide bonds. The van der Waals surface area contributed by atoms with Crippen molar-refractivity contribution in [2.45, 2.75) is 25.1 Å². The molecular formula is C16H14F3N5O. The number of hydrogen-bond acceptors (Lipinski definition) is 6. The van der Waals surface area contributed by atoms with Crippen LogP contribution in [-0.2, 0) is 6.18 Å². The predicted molar refractivity (Wildman–Crippen MR) is 81.8 cm³/mol. The topological polar surface area (TPSA) is 74.9 Å². The molecule has 0 N–H and O–H groups in total. The van der Waals surface area contributed by atoms with E-state index in [4.69, 9.17) is 10.00 Å². The van der Waals surface area contributed by atoms with Crippen LogP contribution in [-0.4, -0.2) is 34.1 Å². The Morgan fingerprint density at radius 1 is 1.16 bits per heavy atom. The standard InChI is InChI=1S/C16H14F3N5O/c17-16(18,19)13-3-7-22-15(23-13)25-12-4-8-24(9-5-12)14-11(10-20)2-1-6-21-14/h1-3,6-7,12H,4-5,8-9H2. The molecule has 0 aromatic carbocycles. The largest absolute Gasteiger partial charge is 0.460 e. The summed E-state index contributed by atoms with van der Waals surface area (Å²) in [5.74, 6) is 0.610. The number of rotatable bonds is 3. The van der Waals surface area contributed by atoms with Gasteiger partial charge in [0.05, 0.1) is 5.56 Å². The highest BCUT2D eigenvalue weighted by molar-refractivity contribution is 5.53. The van der Waals surface area contributed by atoms with Gasteiger partial charge in [-0.05, 0) is 18.2 Å². The first kappa shape index (κ1) is 17.0. The van der Waals surface area contributed by atoms with Gasteiger partial charge in [0.1, 0.15) is 18.0 Å². The summed E-state index contributed by atoms with van der Waals surface area (Å²) >= 11 is 0. The Labute approximate surface area is 141 Å². The van der Waals surface area contributed by atoms with Gasteiger partial charge < -0.3 is 9.64 Å². The highest BCUT2D eigenvalue weighted by Gasteiger charge is 2.33. The second-order valence-corrected chi connectivity index (χ2v) is 5.51. The number of anilines is 1. The number of nitrogens with zero attached hydrogens (tertiary/aromatic N) is 5. The Balaban J connectivity index is 1.63. The zero-order valence-electron chi connectivity index (χ0n) is 13.1.